The molecule has 3 aliphatic rings. The third kappa shape index (κ3) is 4.43. The molecule has 4 heterocycles. The van der Waals surface area contributed by atoms with Gasteiger partial charge in [0, 0.05) is 37.6 Å². The molecule has 7 heteroatoms. The molecule has 7 nitrogen and oxygen atoms in total. The highest BCUT2D eigenvalue weighted by atomic mass is 16.5. The SMILES string of the molecule is OC1CCC(c2cnc(OC3CCNCC3)c3cnc(C[C@@H]4CCOC4)nc23)CC1. The monoisotopic (exact) mass is 412 g/mol. The summed E-state index contributed by atoms with van der Waals surface area (Å²) >= 11 is 0. The van der Waals surface area contributed by atoms with Crippen molar-refractivity contribution in [3.05, 3.63) is 23.8 Å². The molecule has 30 heavy (non-hydrogen) atoms. The zero-order valence-electron chi connectivity index (χ0n) is 17.6. The van der Waals surface area contributed by atoms with E-state index in [1.54, 1.807) is 0 Å². The van der Waals surface area contributed by atoms with Gasteiger partial charge < -0.3 is 19.9 Å². The van der Waals surface area contributed by atoms with Crippen LogP contribution >= 0.6 is 0 Å². The standard InChI is InChI=1S/C23H32N4O3/c28-17-3-1-16(2-4-17)19-12-26-23(30-18-5-8-24-9-6-18)20-13-25-21(27-22(19)20)11-15-7-10-29-14-15/h12-13,15-18,24,28H,1-11,14H2/t15-,16?,17?/m0/s1. The molecular formula is C23H32N4O3. The van der Waals surface area contributed by atoms with Gasteiger partial charge in [0.2, 0.25) is 5.88 Å². The van der Waals surface area contributed by atoms with Crippen LogP contribution in [0.1, 0.15) is 62.3 Å². The molecule has 162 valence electrons. The van der Waals surface area contributed by atoms with Gasteiger partial charge in [0.15, 0.2) is 0 Å². The summed E-state index contributed by atoms with van der Waals surface area (Å²) in [4.78, 5) is 14.4. The molecule has 1 atom stereocenters. The number of nitrogens with one attached hydrogen (secondary N) is 1. The van der Waals surface area contributed by atoms with Crippen molar-refractivity contribution >= 4 is 10.9 Å². The molecule has 2 N–H and O–H groups in total. The molecule has 2 aliphatic heterocycles. The smallest absolute Gasteiger partial charge is 0.224 e. The Bertz CT molecular complexity index is 857. The van der Waals surface area contributed by atoms with E-state index in [1.165, 1.54) is 5.56 Å². The number of rotatable bonds is 5. The zero-order chi connectivity index (χ0) is 20.3. The molecular weight excluding hydrogens is 380 g/mol. The van der Waals surface area contributed by atoms with Crippen LogP contribution in [0.4, 0.5) is 0 Å². The first-order chi connectivity index (χ1) is 14.8. The van der Waals surface area contributed by atoms with Gasteiger partial charge in [0.1, 0.15) is 11.9 Å². The summed E-state index contributed by atoms with van der Waals surface area (Å²) in [6.45, 7) is 3.60. The summed E-state index contributed by atoms with van der Waals surface area (Å²) in [7, 11) is 0. The van der Waals surface area contributed by atoms with Crippen molar-refractivity contribution < 1.29 is 14.6 Å². The van der Waals surface area contributed by atoms with Crippen LogP contribution in [-0.2, 0) is 11.2 Å². The number of fused-ring (bicyclic) bond motifs is 1. The number of aromatic nitrogens is 3. The van der Waals surface area contributed by atoms with Gasteiger partial charge in [-0.2, -0.15) is 0 Å². The molecule has 3 fully saturated rings. The number of aliphatic hydroxyl groups is 1. The summed E-state index contributed by atoms with van der Waals surface area (Å²) in [6.07, 6.45) is 11.5. The summed E-state index contributed by atoms with van der Waals surface area (Å²) < 4.78 is 11.8. The van der Waals surface area contributed by atoms with Crippen molar-refractivity contribution in [1.29, 1.82) is 0 Å². The second kappa shape index (κ2) is 9.12. The van der Waals surface area contributed by atoms with E-state index in [2.05, 4.69) is 10.3 Å². The maximum atomic E-state index is 9.94. The quantitative estimate of drug-likeness (QED) is 0.780. The lowest BCUT2D eigenvalue weighted by Crippen LogP contribution is -2.34. The normalized spacial score (nSPS) is 28.1. The highest BCUT2D eigenvalue weighted by Gasteiger charge is 2.26. The predicted octanol–water partition coefficient (Wildman–Crippen LogP) is 2.75. The Morgan fingerprint density at radius 3 is 2.63 bits per heavy atom. The molecule has 0 unspecified atom stereocenters. The Balaban J connectivity index is 1.47. The van der Waals surface area contributed by atoms with Gasteiger partial charge in [-0.1, -0.05) is 0 Å². The lowest BCUT2D eigenvalue weighted by atomic mass is 9.82. The summed E-state index contributed by atoms with van der Waals surface area (Å²) in [5.74, 6) is 2.43. The molecule has 5 rings (SSSR count). The van der Waals surface area contributed by atoms with Crippen LogP contribution in [-0.4, -0.2) is 58.6 Å². The maximum Gasteiger partial charge on any atom is 0.224 e. The summed E-state index contributed by atoms with van der Waals surface area (Å²) in [5.41, 5.74) is 2.17. The largest absolute Gasteiger partial charge is 0.474 e. The fourth-order valence-electron chi connectivity index (χ4n) is 5.01. The fraction of sp³-hybridized carbons (Fsp3) is 0.696. The Labute approximate surface area is 177 Å². The van der Waals surface area contributed by atoms with Crippen molar-refractivity contribution in [1.82, 2.24) is 20.3 Å². The van der Waals surface area contributed by atoms with Gasteiger partial charge in [-0.3, -0.25) is 0 Å². The number of piperidine rings is 1. The predicted molar refractivity (Wildman–Crippen MR) is 114 cm³/mol. The van der Waals surface area contributed by atoms with E-state index in [1.807, 2.05) is 12.4 Å². The molecule has 2 aromatic heterocycles. The van der Waals surface area contributed by atoms with Crippen LogP contribution in [0.3, 0.4) is 0 Å². The van der Waals surface area contributed by atoms with Gasteiger partial charge in [-0.25, -0.2) is 15.0 Å². The molecule has 2 saturated heterocycles. The molecule has 1 saturated carbocycles. The highest BCUT2D eigenvalue weighted by molar-refractivity contribution is 5.85. The van der Waals surface area contributed by atoms with Crippen molar-refractivity contribution in [3.63, 3.8) is 0 Å². The van der Waals surface area contributed by atoms with E-state index in [4.69, 9.17) is 19.4 Å². The molecule has 0 amide bonds. The van der Waals surface area contributed by atoms with E-state index in [0.717, 1.165) is 94.4 Å². The summed E-state index contributed by atoms with van der Waals surface area (Å²) in [6, 6.07) is 0. The first-order valence-electron chi connectivity index (χ1n) is 11.5. The average molecular weight is 413 g/mol. The first kappa shape index (κ1) is 20.1. The minimum absolute atomic E-state index is 0.171. The Hall–Kier alpha value is -1.83. The van der Waals surface area contributed by atoms with E-state index in [9.17, 15) is 5.11 Å². The van der Waals surface area contributed by atoms with Crippen LogP contribution in [0, 0.1) is 5.92 Å². The van der Waals surface area contributed by atoms with Crippen molar-refractivity contribution in [2.75, 3.05) is 26.3 Å². The Kier molecular flexibility index (Phi) is 6.11. The Morgan fingerprint density at radius 2 is 1.87 bits per heavy atom. The second-order valence-electron chi connectivity index (χ2n) is 9.07. The van der Waals surface area contributed by atoms with Gasteiger partial charge in [0.05, 0.1) is 17.0 Å². The lowest BCUT2D eigenvalue weighted by molar-refractivity contribution is 0.122. The molecule has 1 aliphatic carbocycles. The minimum Gasteiger partial charge on any atom is -0.474 e. The number of ether oxygens (including phenoxy) is 2. The molecule has 0 bridgehead atoms. The van der Waals surface area contributed by atoms with Crippen LogP contribution in [0.15, 0.2) is 12.4 Å². The number of aliphatic hydroxyl groups excluding tert-OH is 1. The van der Waals surface area contributed by atoms with Crippen LogP contribution in [0.5, 0.6) is 5.88 Å². The van der Waals surface area contributed by atoms with E-state index >= 15 is 0 Å². The van der Waals surface area contributed by atoms with E-state index in [0.29, 0.717) is 17.7 Å². The topological polar surface area (TPSA) is 89.4 Å². The maximum absolute atomic E-state index is 9.94. The molecule has 0 spiro atoms. The van der Waals surface area contributed by atoms with Crippen molar-refractivity contribution in [2.45, 2.75) is 69.5 Å². The van der Waals surface area contributed by atoms with E-state index in [-0.39, 0.29) is 12.2 Å². The average Bonchev–Trinajstić information content (AvgIpc) is 3.28. The Morgan fingerprint density at radius 1 is 1.03 bits per heavy atom. The third-order valence-corrected chi connectivity index (χ3v) is 6.86. The van der Waals surface area contributed by atoms with Crippen LogP contribution in [0.2, 0.25) is 0 Å². The van der Waals surface area contributed by atoms with Gasteiger partial charge >= 0.3 is 0 Å². The molecule has 0 radical (unpaired) electrons. The van der Waals surface area contributed by atoms with Gasteiger partial charge in [-0.05, 0) is 69.9 Å². The fourth-order valence-corrected chi connectivity index (χ4v) is 5.01. The van der Waals surface area contributed by atoms with Gasteiger partial charge in [0.25, 0.3) is 0 Å². The number of hydrogen-bond acceptors (Lipinski definition) is 7. The van der Waals surface area contributed by atoms with E-state index < -0.39 is 0 Å². The lowest BCUT2D eigenvalue weighted by Gasteiger charge is -2.27. The minimum atomic E-state index is -0.171. The van der Waals surface area contributed by atoms with Crippen LogP contribution < -0.4 is 10.1 Å². The van der Waals surface area contributed by atoms with Gasteiger partial charge in [-0.15, -0.1) is 0 Å². The second-order valence-corrected chi connectivity index (χ2v) is 9.07. The highest BCUT2D eigenvalue weighted by Crippen LogP contribution is 2.38. The first-order valence-corrected chi connectivity index (χ1v) is 11.5. The van der Waals surface area contributed by atoms with Crippen molar-refractivity contribution in [3.8, 4) is 5.88 Å². The number of nitrogens with zero attached hydrogens (tertiary/aromatic N) is 3. The zero-order valence-corrected chi connectivity index (χ0v) is 17.6. The third-order valence-electron chi connectivity index (χ3n) is 6.86. The van der Waals surface area contributed by atoms with Crippen LogP contribution in [0.25, 0.3) is 10.9 Å². The van der Waals surface area contributed by atoms with Crippen molar-refractivity contribution in [2.24, 2.45) is 5.92 Å². The number of hydrogen-bond donors (Lipinski definition) is 2. The molecule has 0 aromatic carbocycles. The molecule has 2 aromatic rings. The number of pyridine rings is 1. The summed E-state index contributed by atoms with van der Waals surface area (Å²) in [5, 5.41) is 14.2.